The standard InChI is InChI=1S/C19H18N2O2S/c1-13-5-7-15(8-6-13)19-21-17(12-24-19)10-18(23)20-16-4-2-3-14(9-16)11-22/h2-9,12,22H,10-11H2,1H3,(H,20,23). The average Bonchev–Trinajstić information content (AvgIpc) is 3.04. The molecule has 0 aliphatic heterocycles. The number of carbonyl (C=O) groups excluding carboxylic acids is 1. The molecule has 5 heteroatoms. The van der Waals surface area contributed by atoms with E-state index < -0.39 is 0 Å². The van der Waals surface area contributed by atoms with Crippen LogP contribution in [0.15, 0.2) is 53.9 Å². The Bertz CT molecular complexity index is 841. The third kappa shape index (κ3) is 4.07. The van der Waals surface area contributed by atoms with Crippen LogP contribution in [0.3, 0.4) is 0 Å². The number of aromatic nitrogens is 1. The number of nitrogens with one attached hydrogen (secondary N) is 1. The maximum Gasteiger partial charge on any atom is 0.230 e. The third-order valence-corrected chi connectivity index (χ3v) is 4.53. The summed E-state index contributed by atoms with van der Waals surface area (Å²) in [5.74, 6) is -0.120. The van der Waals surface area contributed by atoms with E-state index in [4.69, 9.17) is 5.11 Å². The van der Waals surface area contributed by atoms with Crippen molar-refractivity contribution in [1.82, 2.24) is 4.98 Å². The molecule has 0 unspecified atom stereocenters. The summed E-state index contributed by atoms with van der Waals surface area (Å²) in [6.45, 7) is 2.00. The van der Waals surface area contributed by atoms with E-state index in [0.717, 1.165) is 21.8 Å². The van der Waals surface area contributed by atoms with Crippen molar-refractivity contribution in [3.8, 4) is 10.6 Å². The highest BCUT2D eigenvalue weighted by Gasteiger charge is 2.09. The zero-order valence-electron chi connectivity index (χ0n) is 13.3. The van der Waals surface area contributed by atoms with Gasteiger partial charge in [0.25, 0.3) is 0 Å². The second-order valence-electron chi connectivity index (χ2n) is 5.59. The van der Waals surface area contributed by atoms with Crippen molar-refractivity contribution in [2.24, 2.45) is 0 Å². The molecule has 1 amide bonds. The van der Waals surface area contributed by atoms with Gasteiger partial charge in [-0.1, -0.05) is 42.0 Å². The lowest BCUT2D eigenvalue weighted by molar-refractivity contribution is -0.115. The highest BCUT2D eigenvalue weighted by Crippen LogP contribution is 2.24. The number of nitrogens with zero attached hydrogens (tertiary/aromatic N) is 1. The Kier molecular flexibility index (Phi) is 5.03. The average molecular weight is 338 g/mol. The zero-order chi connectivity index (χ0) is 16.9. The topological polar surface area (TPSA) is 62.2 Å². The second kappa shape index (κ2) is 7.38. The number of aryl methyl sites for hydroxylation is 1. The van der Waals surface area contributed by atoms with Gasteiger partial charge in [0.05, 0.1) is 18.7 Å². The molecular weight excluding hydrogens is 320 g/mol. The first-order valence-corrected chi connectivity index (χ1v) is 8.53. The minimum Gasteiger partial charge on any atom is -0.392 e. The molecule has 0 aliphatic rings. The van der Waals surface area contributed by atoms with Gasteiger partial charge in [0.15, 0.2) is 0 Å². The summed E-state index contributed by atoms with van der Waals surface area (Å²) in [7, 11) is 0. The van der Waals surface area contributed by atoms with Crippen molar-refractivity contribution >= 4 is 22.9 Å². The molecule has 1 heterocycles. The van der Waals surface area contributed by atoms with Gasteiger partial charge in [-0.05, 0) is 24.6 Å². The molecule has 3 rings (SSSR count). The maximum absolute atomic E-state index is 12.2. The van der Waals surface area contributed by atoms with E-state index in [2.05, 4.69) is 22.4 Å². The van der Waals surface area contributed by atoms with Crippen LogP contribution in [0.1, 0.15) is 16.8 Å². The molecule has 2 aromatic carbocycles. The highest BCUT2D eigenvalue weighted by atomic mass is 32.1. The summed E-state index contributed by atoms with van der Waals surface area (Å²) < 4.78 is 0. The minimum atomic E-state index is -0.120. The lowest BCUT2D eigenvalue weighted by Crippen LogP contribution is -2.14. The van der Waals surface area contributed by atoms with Gasteiger partial charge in [0.1, 0.15) is 5.01 Å². The monoisotopic (exact) mass is 338 g/mol. The van der Waals surface area contributed by atoms with Gasteiger partial charge in [-0.25, -0.2) is 4.98 Å². The molecule has 0 atom stereocenters. The fraction of sp³-hybridized carbons (Fsp3) is 0.158. The smallest absolute Gasteiger partial charge is 0.230 e. The molecule has 0 bridgehead atoms. The van der Waals surface area contributed by atoms with Gasteiger partial charge in [-0.2, -0.15) is 0 Å². The number of anilines is 1. The van der Waals surface area contributed by atoms with Gasteiger partial charge in [-0.15, -0.1) is 11.3 Å². The van der Waals surface area contributed by atoms with Crippen LogP contribution < -0.4 is 5.32 Å². The summed E-state index contributed by atoms with van der Waals surface area (Å²) in [5.41, 5.74) is 4.47. The fourth-order valence-corrected chi connectivity index (χ4v) is 3.16. The van der Waals surface area contributed by atoms with Crippen LogP contribution in [-0.4, -0.2) is 16.0 Å². The van der Waals surface area contributed by atoms with E-state index in [1.54, 1.807) is 18.2 Å². The molecule has 0 spiro atoms. The molecule has 3 aromatic rings. The number of benzene rings is 2. The normalized spacial score (nSPS) is 10.6. The Morgan fingerprint density at radius 2 is 2.00 bits per heavy atom. The largest absolute Gasteiger partial charge is 0.392 e. The van der Waals surface area contributed by atoms with Crippen LogP contribution in [0.2, 0.25) is 0 Å². The summed E-state index contributed by atoms with van der Waals surface area (Å²) in [6.07, 6.45) is 0.228. The molecule has 122 valence electrons. The fourth-order valence-electron chi connectivity index (χ4n) is 2.33. The Morgan fingerprint density at radius 1 is 1.21 bits per heavy atom. The van der Waals surface area contributed by atoms with Gasteiger partial charge in [0, 0.05) is 16.6 Å². The van der Waals surface area contributed by atoms with Crippen LogP contribution in [0.25, 0.3) is 10.6 Å². The number of carbonyl (C=O) groups is 1. The summed E-state index contributed by atoms with van der Waals surface area (Å²) in [4.78, 5) is 16.7. The van der Waals surface area contributed by atoms with Crippen molar-refractivity contribution in [3.63, 3.8) is 0 Å². The lowest BCUT2D eigenvalue weighted by Gasteiger charge is -2.05. The van der Waals surface area contributed by atoms with Gasteiger partial charge < -0.3 is 10.4 Å². The molecule has 0 fully saturated rings. The highest BCUT2D eigenvalue weighted by molar-refractivity contribution is 7.13. The Hall–Kier alpha value is -2.50. The SMILES string of the molecule is Cc1ccc(-c2nc(CC(=O)Nc3cccc(CO)c3)cs2)cc1. The second-order valence-corrected chi connectivity index (χ2v) is 6.45. The minimum absolute atomic E-state index is 0.0459. The quantitative estimate of drug-likeness (QED) is 0.744. The van der Waals surface area contributed by atoms with E-state index in [0.29, 0.717) is 5.69 Å². The number of aliphatic hydroxyl groups excluding tert-OH is 1. The van der Waals surface area contributed by atoms with E-state index in [-0.39, 0.29) is 18.9 Å². The van der Waals surface area contributed by atoms with Crippen LogP contribution in [0.4, 0.5) is 5.69 Å². The van der Waals surface area contributed by atoms with E-state index in [1.165, 1.54) is 16.9 Å². The van der Waals surface area contributed by atoms with Crippen molar-refractivity contribution in [2.75, 3.05) is 5.32 Å². The number of thiazole rings is 1. The number of rotatable bonds is 5. The van der Waals surface area contributed by atoms with E-state index >= 15 is 0 Å². The van der Waals surface area contributed by atoms with E-state index in [9.17, 15) is 4.79 Å². The predicted octanol–water partition coefficient (Wildman–Crippen LogP) is 3.79. The number of hydrogen-bond acceptors (Lipinski definition) is 4. The van der Waals surface area contributed by atoms with Crippen LogP contribution >= 0.6 is 11.3 Å². The molecule has 0 radical (unpaired) electrons. The molecule has 0 aliphatic carbocycles. The van der Waals surface area contributed by atoms with Gasteiger partial charge >= 0.3 is 0 Å². The van der Waals surface area contributed by atoms with Crippen LogP contribution in [-0.2, 0) is 17.8 Å². The first kappa shape index (κ1) is 16.4. The number of amides is 1. The molecular formula is C19H18N2O2S. The lowest BCUT2D eigenvalue weighted by atomic mass is 10.2. The Balaban J connectivity index is 1.65. The van der Waals surface area contributed by atoms with Crippen LogP contribution in [0, 0.1) is 6.92 Å². The third-order valence-electron chi connectivity index (χ3n) is 3.59. The summed E-state index contributed by atoms with van der Waals surface area (Å²) in [5, 5.41) is 14.8. The molecule has 1 aromatic heterocycles. The van der Waals surface area contributed by atoms with E-state index in [1.807, 2.05) is 30.5 Å². The zero-order valence-corrected chi connectivity index (χ0v) is 14.1. The summed E-state index contributed by atoms with van der Waals surface area (Å²) in [6, 6.07) is 15.4. The molecule has 2 N–H and O–H groups in total. The molecule has 24 heavy (non-hydrogen) atoms. The van der Waals surface area contributed by atoms with Gasteiger partial charge in [0.2, 0.25) is 5.91 Å². The Labute approximate surface area is 144 Å². The predicted molar refractivity (Wildman–Crippen MR) is 97.0 cm³/mol. The molecule has 0 saturated carbocycles. The van der Waals surface area contributed by atoms with Crippen molar-refractivity contribution in [2.45, 2.75) is 20.0 Å². The summed E-state index contributed by atoms with van der Waals surface area (Å²) >= 11 is 1.54. The first-order chi connectivity index (χ1) is 11.6. The van der Waals surface area contributed by atoms with Crippen molar-refractivity contribution < 1.29 is 9.90 Å². The van der Waals surface area contributed by atoms with Crippen molar-refractivity contribution in [3.05, 3.63) is 70.7 Å². The number of aliphatic hydroxyl groups is 1. The number of hydrogen-bond donors (Lipinski definition) is 2. The molecule has 4 nitrogen and oxygen atoms in total. The van der Waals surface area contributed by atoms with Gasteiger partial charge in [-0.3, -0.25) is 4.79 Å². The maximum atomic E-state index is 12.2. The Morgan fingerprint density at radius 3 is 2.75 bits per heavy atom. The van der Waals surface area contributed by atoms with Crippen molar-refractivity contribution in [1.29, 1.82) is 0 Å². The van der Waals surface area contributed by atoms with Crippen LogP contribution in [0.5, 0.6) is 0 Å². The molecule has 0 saturated heterocycles. The first-order valence-electron chi connectivity index (χ1n) is 7.65.